The Morgan fingerprint density at radius 2 is 1.63 bits per heavy atom. The minimum Gasteiger partial charge on any atom is -0.497 e. The van der Waals surface area contributed by atoms with E-state index in [4.69, 9.17) is 14.2 Å². The van der Waals surface area contributed by atoms with Gasteiger partial charge in [0.1, 0.15) is 23.4 Å². The van der Waals surface area contributed by atoms with Crippen molar-refractivity contribution >= 4 is 23.3 Å². The van der Waals surface area contributed by atoms with Crippen LogP contribution >= 0.6 is 0 Å². The zero-order chi connectivity index (χ0) is 30.9. The van der Waals surface area contributed by atoms with Gasteiger partial charge in [0.05, 0.1) is 33.3 Å². The van der Waals surface area contributed by atoms with Gasteiger partial charge in [-0.15, -0.1) is 0 Å². The second kappa shape index (κ2) is 14.8. The van der Waals surface area contributed by atoms with Crippen molar-refractivity contribution in [1.82, 2.24) is 9.80 Å². The first-order chi connectivity index (χ1) is 20.7. The lowest BCUT2D eigenvalue weighted by molar-refractivity contribution is -0.134. The van der Waals surface area contributed by atoms with Crippen LogP contribution in [0.2, 0.25) is 0 Å². The quantitative estimate of drug-likeness (QED) is 0.316. The van der Waals surface area contributed by atoms with Crippen molar-refractivity contribution < 1.29 is 28.9 Å². The molecule has 0 aromatic heterocycles. The zero-order valence-corrected chi connectivity index (χ0v) is 25.5. The number of hydrogen-bond donors (Lipinski definition) is 3. The first-order valence-electron chi connectivity index (χ1n) is 14.4. The van der Waals surface area contributed by atoms with Crippen LogP contribution in [0.3, 0.4) is 0 Å². The number of benzene rings is 3. The molecule has 3 atom stereocenters. The van der Waals surface area contributed by atoms with Gasteiger partial charge in [-0.2, -0.15) is 0 Å². The highest BCUT2D eigenvalue weighted by molar-refractivity contribution is 6.00. The second-order valence-electron chi connectivity index (χ2n) is 11.1. The SMILES string of the molecule is COc1ccc(CN(C)C[C@H]2Oc3ccc(NC(=O)Nc4ccc(OC)cc4)cc3CC(=O)N([C@H](C)CO)C[C@@H]2C)cc1. The number of ether oxygens (including phenoxy) is 3. The van der Waals surface area contributed by atoms with E-state index in [1.165, 1.54) is 0 Å². The smallest absolute Gasteiger partial charge is 0.323 e. The average molecular weight is 591 g/mol. The molecule has 230 valence electrons. The molecule has 3 N–H and O–H groups in total. The molecular formula is C33H42N4O6. The zero-order valence-electron chi connectivity index (χ0n) is 25.5. The highest BCUT2D eigenvalue weighted by atomic mass is 16.5. The van der Waals surface area contributed by atoms with Gasteiger partial charge in [-0.1, -0.05) is 19.1 Å². The van der Waals surface area contributed by atoms with E-state index in [1.807, 2.05) is 38.2 Å². The first kappa shape index (κ1) is 31.7. The standard InChI is InChI=1S/C33H42N4O6/c1-22-18-37(23(2)21-38)32(39)17-25-16-27(35-33(40)34-26-8-13-29(42-5)14-9-26)10-15-30(25)43-31(22)20-36(3)19-24-6-11-28(41-4)12-7-24/h6-16,22-23,31,38H,17-21H2,1-5H3,(H2,34,35,40)/t22-,23+,31+/m0/s1. The van der Waals surface area contributed by atoms with Gasteiger partial charge in [0.15, 0.2) is 0 Å². The number of aliphatic hydroxyl groups excluding tert-OH is 1. The lowest BCUT2D eigenvalue weighted by Gasteiger charge is -2.34. The third kappa shape index (κ3) is 8.62. The molecule has 3 aromatic rings. The number of amides is 3. The minimum atomic E-state index is -0.414. The molecule has 0 bridgehead atoms. The lowest BCUT2D eigenvalue weighted by atomic mass is 10.0. The molecule has 4 rings (SSSR count). The van der Waals surface area contributed by atoms with Gasteiger partial charge in [-0.3, -0.25) is 9.69 Å². The lowest BCUT2D eigenvalue weighted by Crippen LogP contribution is -2.47. The van der Waals surface area contributed by atoms with Gasteiger partial charge in [-0.25, -0.2) is 4.79 Å². The fraction of sp³-hybridized carbons (Fsp3) is 0.394. The average Bonchev–Trinajstić information content (AvgIpc) is 3.04. The Hall–Kier alpha value is -4.28. The number of nitrogens with zero attached hydrogens (tertiary/aromatic N) is 2. The summed E-state index contributed by atoms with van der Waals surface area (Å²) >= 11 is 0. The second-order valence-corrected chi connectivity index (χ2v) is 11.1. The van der Waals surface area contributed by atoms with Crippen molar-refractivity contribution in [1.29, 1.82) is 0 Å². The number of urea groups is 1. The van der Waals surface area contributed by atoms with Crippen LogP contribution in [-0.4, -0.2) is 80.0 Å². The maximum atomic E-state index is 13.5. The number of carbonyl (C=O) groups excluding carboxylic acids is 2. The summed E-state index contributed by atoms with van der Waals surface area (Å²) in [5.41, 5.74) is 2.96. The summed E-state index contributed by atoms with van der Waals surface area (Å²) in [5, 5.41) is 15.6. The molecule has 0 saturated carbocycles. The Morgan fingerprint density at radius 3 is 2.26 bits per heavy atom. The maximum absolute atomic E-state index is 13.5. The van der Waals surface area contributed by atoms with Crippen LogP contribution in [-0.2, 0) is 17.8 Å². The first-order valence-corrected chi connectivity index (χ1v) is 14.4. The van der Waals surface area contributed by atoms with Crippen molar-refractivity contribution in [2.45, 2.75) is 39.0 Å². The van der Waals surface area contributed by atoms with Gasteiger partial charge in [0.25, 0.3) is 0 Å². The molecular weight excluding hydrogens is 548 g/mol. The third-order valence-electron chi connectivity index (χ3n) is 7.63. The van der Waals surface area contributed by atoms with Crippen molar-refractivity contribution in [3.8, 4) is 17.2 Å². The number of anilines is 2. The molecule has 3 amide bonds. The van der Waals surface area contributed by atoms with Gasteiger partial charge in [-0.05, 0) is 74.1 Å². The maximum Gasteiger partial charge on any atom is 0.323 e. The Bertz CT molecular complexity index is 1360. The number of nitrogens with one attached hydrogen (secondary N) is 2. The molecule has 10 heteroatoms. The number of rotatable bonds is 10. The predicted molar refractivity (Wildman–Crippen MR) is 167 cm³/mol. The summed E-state index contributed by atoms with van der Waals surface area (Å²) in [4.78, 5) is 30.2. The minimum absolute atomic E-state index is 0.0182. The van der Waals surface area contributed by atoms with Crippen LogP contribution in [0.4, 0.5) is 16.2 Å². The van der Waals surface area contributed by atoms with Gasteiger partial charge in [0, 0.05) is 42.5 Å². The fourth-order valence-electron chi connectivity index (χ4n) is 5.11. The normalized spacial score (nSPS) is 17.6. The Balaban J connectivity index is 1.53. The number of likely N-dealkylation sites (N-methyl/N-ethyl adjacent to an activating group) is 1. The number of fused-ring (bicyclic) bond motifs is 1. The van der Waals surface area contributed by atoms with Crippen LogP contribution in [0.5, 0.6) is 17.2 Å². The van der Waals surface area contributed by atoms with Crippen molar-refractivity contribution in [2.75, 3.05) is 51.6 Å². The fourth-order valence-corrected chi connectivity index (χ4v) is 5.11. The summed E-state index contributed by atoms with van der Waals surface area (Å²) in [6.45, 7) is 5.56. The number of carbonyl (C=O) groups is 2. The third-order valence-corrected chi connectivity index (χ3v) is 7.63. The molecule has 3 aromatic carbocycles. The van der Waals surface area contributed by atoms with Gasteiger partial charge < -0.3 is 34.9 Å². The topological polar surface area (TPSA) is 113 Å². The van der Waals surface area contributed by atoms with Crippen LogP contribution in [0.25, 0.3) is 0 Å². The molecule has 43 heavy (non-hydrogen) atoms. The van der Waals surface area contributed by atoms with Crippen LogP contribution in [0.15, 0.2) is 66.7 Å². The van der Waals surface area contributed by atoms with E-state index in [1.54, 1.807) is 61.6 Å². The summed E-state index contributed by atoms with van der Waals surface area (Å²) in [7, 11) is 5.28. The van der Waals surface area contributed by atoms with Crippen LogP contribution in [0.1, 0.15) is 25.0 Å². The van der Waals surface area contributed by atoms with E-state index in [9.17, 15) is 14.7 Å². The van der Waals surface area contributed by atoms with E-state index >= 15 is 0 Å². The number of hydrogen-bond acceptors (Lipinski definition) is 7. The van der Waals surface area contributed by atoms with Crippen LogP contribution in [0, 0.1) is 5.92 Å². The molecule has 0 aliphatic carbocycles. The molecule has 0 radical (unpaired) electrons. The summed E-state index contributed by atoms with van der Waals surface area (Å²) < 4.78 is 17.1. The highest BCUT2D eigenvalue weighted by Crippen LogP contribution is 2.29. The van der Waals surface area contributed by atoms with Crippen molar-refractivity contribution in [2.24, 2.45) is 5.92 Å². The Kier molecular flexibility index (Phi) is 10.9. The van der Waals surface area contributed by atoms with Gasteiger partial charge >= 0.3 is 6.03 Å². The molecule has 1 heterocycles. The van der Waals surface area contributed by atoms with E-state index < -0.39 is 6.03 Å². The van der Waals surface area contributed by atoms with E-state index in [2.05, 4.69) is 22.5 Å². The number of aliphatic hydroxyl groups is 1. The van der Waals surface area contributed by atoms with Gasteiger partial charge in [0.2, 0.25) is 5.91 Å². The summed E-state index contributed by atoms with van der Waals surface area (Å²) in [5.74, 6) is 1.98. The van der Waals surface area contributed by atoms with E-state index in [0.29, 0.717) is 48.1 Å². The van der Waals surface area contributed by atoms with Crippen molar-refractivity contribution in [3.63, 3.8) is 0 Å². The summed E-state index contributed by atoms with van der Waals surface area (Å²) in [6.07, 6.45) is -0.158. The van der Waals surface area contributed by atoms with E-state index in [0.717, 1.165) is 11.3 Å². The molecule has 0 spiro atoms. The van der Waals surface area contributed by atoms with E-state index in [-0.39, 0.29) is 37.0 Å². The molecule has 0 saturated heterocycles. The molecule has 0 fully saturated rings. The Labute approximate surface area is 253 Å². The summed E-state index contributed by atoms with van der Waals surface area (Å²) in [6, 6.07) is 19.6. The largest absolute Gasteiger partial charge is 0.497 e. The van der Waals surface area contributed by atoms with Crippen LogP contribution < -0.4 is 24.8 Å². The Morgan fingerprint density at radius 1 is 1.02 bits per heavy atom. The molecule has 0 unspecified atom stereocenters. The van der Waals surface area contributed by atoms with Crippen molar-refractivity contribution in [3.05, 3.63) is 77.9 Å². The highest BCUT2D eigenvalue weighted by Gasteiger charge is 2.31. The molecule has 1 aliphatic rings. The monoisotopic (exact) mass is 590 g/mol. The molecule has 1 aliphatic heterocycles. The molecule has 10 nitrogen and oxygen atoms in total. The predicted octanol–water partition coefficient (Wildman–Crippen LogP) is 4.63. The number of methoxy groups -OCH3 is 2.